The SMILES string of the molecule is CSc1ccccc1NC(=O)CN(C)C(=O)COc1cc(Cl)cc(Cl)c1. The van der Waals surface area contributed by atoms with E-state index in [1.165, 1.54) is 23.7 Å². The topological polar surface area (TPSA) is 58.6 Å². The number of benzene rings is 2. The molecular formula is C18H18Cl2N2O3S. The van der Waals surface area contributed by atoms with E-state index in [2.05, 4.69) is 5.32 Å². The van der Waals surface area contributed by atoms with Crippen molar-refractivity contribution in [2.45, 2.75) is 4.90 Å². The van der Waals surface area contributed by atoms with Crippen LogP contribution >= 0.6 is 35.0 Å². The van der Waals surface area contributed by atoms with Gasteiger partial charge in [-0.15, -0.1) is 11.8 Å². The van der Waals surface area contributed by atoms with Gasteiger partial charge in [-0.05, 0) is 36.6 Å². The van der Waals surface area contributed by atoms with E-state index in [9.17, 15) is 9.59 Å². The van der Waals surface area contributed by atoms with E-state index in [4.69, 9.17) is 27.9 Å². The van der Waals surface area contributed by atoms with Gasteiger partial charge >= 0.3 is 0 Å². The quantitative estimate of drug-likeness (QED) is 0.692. The van der Waals surface area contributed by atoms with Gasteiger partial charge in [-0.25, -0.2) is 0 Å². The summed E-state index contributed by atoms with van der Waals surface area (Å²) in [4.78, 5) is 26.6. The maximum Gasteiger partial charge on any atom is 0.260 e. The fourth-order valence-electron chi connectivity index (χ4n) is 2.11. The summed E-state index contributed by atoms with van der Waals surface area (Å²) in [5.74, 6) is -0.231. The molecule has 26 heavy (non-hydrogen) atoms. The minimum atomic E-state index is -0.339. The van der Waals surface area contributed by atoms with Crippen LogP contribution < -0.4 is 10.1 Å². The number of anilines is 1. The first-order chi connectivity index (χ1) is 12.4. The van der Waals surface area contributed by atoms with Crippen molar-refractivity contribution in [2.24, 2.45) is 0 Å². The summed E-state index contributed by atoms with van der Waals surface area (Å²) >= 11 is 13.3. The van der Waals surface area contributed by atoms with Crippen LogP contribution in [0.5, 0.6) is 5.75 Å². The number of thioether (sulfide) groups is 1. The Bertz CT molecular complexity index is 782. The lowest BCUT2D eigenvalue weighted by molar-refractivity contribution is -0.135. The molecule has 8 heteroatoms. The van der Waals surface area contributed by atoms with Crippen LogP contribution in [-0.4, -0.2) is 43.2 Å². The molecule has 138 valence electrons. The molecule has 2 amide bonds. The van der Waals surface area contributed by atoms with Crippen molar-refractivity contribution in [3.05, 3.63) is 52.5 Å². The Balaban J connectivity index is 1.87. The maximum atomic E-state index is 12.2. The van der Waals surface area contributed by atoms with Gasteiger partial charge in [0.05, 0.1) is 12.2 Å². The molecule has 0 radical (unpaired) electrons. The smallest absolute Gasteiger partial charge is 0.260 e. The van der Waals surface area contributed by atoms with Gasteiger partial charge in [-0.3, -0.25) is 9.59 Å². The second-order valence-corrected chi connectivity index (χ2v) is 7.11. The molecule has 2 aromatic rings. The molecule has 0 saturated carbocycles. The summed E-state index contributed by atoms with van der Waals surface area (Å²) in [7, 11) is 1.54. The predicted octanol–water partition coefficient (Wildman–Crippen LogP) is 4.19. The summed E-state index contributed by atoms with van der Waals surface area (Å²) in [5.41, 5.74) is 0.718. The summed E-state index contributed by atoms with van der Waals surface area (Å²) in [5, 5.41) is 3.64. The fraction of sp³-hybridized carbons (Fsp3) is 0.222. The first-order valence-electron chi connectivity index (χ1n) is 7.64. The average molecular weight is 413 g/mol. The Morgan fingerprint density at radius 2 is 1.81 bits per heavy atom. The van der Waals surface area contributed by atoms with Gasteiger partial charge in [0.2, 0.25) is 5.91 Å². The molecule has 0 unspecified atom stereocenters. The van der Waals surface area contributed by atoms with Crippen LogP contribution in [0.1, 0.15) is 0 Å². The van der Waals surface area contributed by atoms with Crippen LogP contribution in [0.2, 0.25) is 10.0 Å². The summed E-state index contributed by atoms with van der Waals surface area (Å²) in [6, 6.07) is 12.2. The van der Waals surface area contributed by atoms with Crippen molar-refractivity contribution in [1.29, 1.82) is 0 Å². The van der Waals surface area contributed by atoms with Gasteiger partial charge in [0.15, 0.2) is 6.61 Å². The molecule has 0 aliphatic carbocycles. The van der Waals surface area contributed by atoms with Crippen LogP contribution in [0.3, 0.4) is 0 Å². The zero-order valence-electron chi connectivity index (χ0n) is 14.3. The van der Waals surface area contributed by atoms with Crippen LogP contribution in [-0.2, 0) is 9.59 Å². The van der Waals surface area contributed by atoms with Crippen molar-refractivity contribution in [1.82, 2.24) is 4.90 Å². The molecule has 0 spiro atoms. The number of carbonyl (C=O) groups is 2. The number of carbonyl (C=O) groups excluding carboxylic acids is 2. The fourth-order valence-corrected chi connectivity index (χ4v) is 3.17. The minimum Gasteiger partial charge on any atom is -0.484 e. The molecule has 0 fully saturated rings. The minimum absolute atomic E-state index is 0.0821. The van der Waals surface area contributed by atoms with Crippen LogP contribution in [0.15, 0.2) is 47.4 Å². The molecule has 0 aromatic heterocycles. The van der Waals surface area contributed by atoms with Crippen molar-refractivity contribution in [3.8, 4) is 5.75 Å². The molecule has 2 aromatic carbocycles. The van der Waals surface area contributed by atoms with Crippen molar-refractivity contribution in [2.75, 3.05) is 31.8 Å². The van der Waals surface area contributed by atoms with Gasteiger partial charge in [-0.2, -0.15) is 0 Å². The molecule has 5 nitrogen and oxygen atoms in total. The van der Waals surface area contributed by atoms with E-state index in [1.54, 1.807) is 18.2 Å². The summed E-state index contributed by atoms with van der Waals surface area (Å²) in [6.07, 6.45) is 1.93. The van der Waals surface area contributed by atoms with Crippen molar-refractivity contribution >= 4 is 52.5 Å². The second-order valence-electron chi connectivity index (χ2n) is 5.39. The third-order valence-corrected chi connectivity index (χ3v) is 4.62. The first-order valence-corrected chi connectivity index (χ1v) is 9.63. The van der Waals surface area contributed by atoms with Gasteiger partial charge in [0, 0.05) is 22.0 Å². The zero-order chi connectivity index (χ0) is 19.1. The lowest BCUT2D eigenvalue weighted by Crippen LogP contribution is -2.37. The monoisotopic (exact) mass is 412 g/mol. The predicted molar refractivity (Wildman–Crippen MR) is 106 cm³/mol. The maximum absolute atomic E-state index is 12.2. The highest BCUT2D eigenvalue weighted by Crippen LogP contribution is 2.25. The van der Waals surface area contributed by atoms with E-state index in [0.717, 1.165) is 10.6 Å². The molecular weight excluding hydrogens is 395 g/mol. The largest absolute Gasteiger partial charge is 0.484 e. The Kier molecular flexibility index (Phi) is 7.63. The number of nitrogens with zero attached hydrogens (tertiary/aromatic N) is 1. The van der Waals surface area contributed by atoms with E-state index in [1.807, 2.05) is 30.5 Å². The number of likely N-dealkylation sites (N-methyl/N-ethyl adjacent to an activating group) is 1. The van der Waals surface area contributed by atoms with E-state index in [0.29, 0.717) is 15.8 Å². The third-order valence-electron chi connectivity index (χ3n) is 3.39. The standard InChI is InChI=1S/C18H18Cl2N2O3S/c1-22(10-17(23)21-15-5-3-4-6-16(15)26-2)18(24)11-25-14-8-12(19)7-13(20)9-14/h3-9H,10-11H2,1-2H3,(H,21,23). The number of nitrogens with one attached hydrogen (secondary N) is 1. The Hall–Kier alpha value is -1.89. The van der Waals surface area contributed by atoms with Crippen LogP contribution in [0, 0.1) is 0 Å². The number of hydrogen-bond donors (Lipinski definition) is 1. The van der Waals surface area contributed by atoms with Crippen molar-refractivity contribution in [3.63, 3.8) is 0 Å². The number of ether oxygens (including phenoxy) is 1. The second kappa shape index (κ2) is 9.71. The zero-order valence-corrected chi connectivity index (χ0v) is 16.6. The molecule has 0 bridgehead atoms. The number of rotatable bonds is 7. The number of hydrogen-bond acceptors (Lipinski definition) is 4. The molecule has 2 rings (SSSR count). The van der Waals surface area contributed by atoms with Gasteiger partial charge in [-0.1, -0.05) is 35.3 Å². The third kappa shape index (κ3) is 6.12. The first kappa shape index (κ1) is 20.4. The lowest BCUT2D eigenvalue weighted by atomic mass is 10.3. The van der Waals surface area contributed by atoms with E-state index >= 15 is 0 Å². The number of amides is 2. The van der Waals surface area contributed by atoms with Gasteiger partial charge in [0.1, 0.15) is 5.75 Å². The molecule has 0 heterocycles. The van der Waals surface area contributed by atoms with Crippen molar-refractivity contribution < 1.29 is 14.3 Å². The summed E-state index contributed by atoms with van der Waals surface area (Å²) < 4.78 is 5.39. The Morgan fingerprint density at radius 1 is 1.15 bits per heavy atom. The number of halogens is 2. The molecule has 0 atom stereocenters. The number of para-hydroxylation sites is 1. The molecule has 0 aliphatic rings. The highest BCUT2D eigenvalue weighted by molar-refractivity contribution is 7.98. The Morgan fingerprint density at radius 3 is 2.46 bits per heavy atom. The average Bonchev–Trinajstić information content (AvgIpc) is 2.59. The van der Waals surface area contributed by atoms with Gasteiger partial charge in [0.25, 0.3) is 5.91 Å². The molecule has 1 N–H and O–H groups in total. The Labute approximate surface area is 166 Å². The summed E-state index contributed by atoms with van der Waals surface area (Å²) in [6.45, 7) is -0.303. The molecule has 0 saturated heterocycles. The normalized spacial score (nSPS) is 10.3. The lowest BCUT2D eigenvalue weighted by Gasteiger charge is -2.18. The van der Waals surface area contributed by atoms with E-state index < -0.39 is 0 Å². The van der Waals surface area contributed by atoms with Gasteiger partial charge < -0.3 is 15.0 Å². The van der Waals surface area contributed by atoms with E-state index in [-0.39, 0.29) is 25.0 Å². The molecule has 0 aliphatic heterocycles. The highest BCUT2D eigenvalue weighted by Gasteiger charge is 2.15. The van der Waals surface area contributed by atoms with Crippen LogP contribution in [0.25, 0.3) is 0 Å². The highest BCUT2D eigenvalue weighted by atomic mass is 35.5. The van der Waals surface area contributed by atoms with Crippen LogP contribution in [0.4, 0.5) is 5.69 Å².